The minimum Gasteiger partial charge on any atom is -0.493 e. The molecule has 2 N–H and O–H groups in total. The van der Waals surface area contributed by atoms with Gasteiger partial charge in [0.15, 0.2) is 11.6 Å². The first-order chi connectivity index (χ1) is 7.10. The van der Waals surface area contributed by atoms with Crippen LogP contribution < -0.4 is 10.6 Å². The molecule has 0 radical (unpaired) electrons. The van der Waals surface area contributed by atoms with E-state index in [9.17, 15) is 14.5 Å². The zero-order valence-electron chi connectivity index (χ0n) is 7.90. The van der Waals surface area contributed by atoms with Crippen LogP contribution in [0.3, 0.4) is 0 Å². The smallest absolute Gasteiger partial charge is 0.273 e. The first-order valence-corrected chi connectivity index (χ1v) is 3.92. The van der Waals surface area contributed by atoms with Gasteiger partial charge in [0.25, 0.3) is 5.69 Å². The molecular formula is C8H9FN2O4. The van der Waals surface area contributed by atoms with Gasteiger partial charge >= 0.3 is 0 Å². The normalized spacial score (nSPS) is 10.1. The highest BCUT2D eigenvalue weighted by Gasteiger charge is 2.17. The van der Waals surface area contributed by atoms with Gasteiger partial charge in [-0.05, 0) is 0 Å². The summed E-state index contributed by atoms with van der Waals surface area (Å²) in [5.74, 6) is 3.89. The molecule has 0 aliphatic heterocycles. The van der Waals surface area contributed by atoms with Crippen LogP contribution in [-0.2, 0) is 11.4 Å². The maximum Gasteiger partial charge on any atom is 0.273 e. The fourth-order valence-electron chi connectivity index (χ4n) is 1.17. The van der Waals surface area contributed by atoms with E-state index in [0.29, 0.717) is 0 Å². The summed E-state index contributed by atoms with van der Waals surface area (Å²) in [6, 6.07) is 1.92. The van der Waals surface area contributed by atoms with E-state index in [4.69, 9.17) is 10.6 Å². The molecule has 0 fully saturated rings. The van der Waals surface area contributed by atoms with Crippen LogP contribution in [0.1, 0.15) is 5.56 Å². The van der Waals surface area contributed by atoms with E-state index in [1.807, 2.05) is 0 Å². The lowest BCUT2D eigenvalue weighted by atomic mass is 10.2. The molecular weight excluding hydrogens is 207 g/mol. The molecule has 0 unspecified atom stereocenters. The number of benzene rings is 1. The fourth-order valence-corrected chi connectivity index (χ4v) is 1.17. The number of nitro benzene ring substituents is 1. The number of halogens is 1. The van der Waals surface area contributed by atoms with Crippen molar-refractivity contribution < 1.29 is 18.9 Å². The maximum absolute atomic E-state index is 13.3. The van der Waals surface area contributed by atoms with Crippen molar-refractivity contribution in [3.8, 4) is 5.75 Å². The number of hydrogen-bond donors (Lipinski definition) is 1. The van der Waals surface area contributed by atoms with Gasteiger partial charge in [-0.3, -0.25) is 15.0 Å². The molecule has 0 aliphatic rings. The van der Waals surface area contributed by atoms with E-state index in [0.717, 1.165) is 12.1 Å². The van der Waals surface area contributed by atoms with Gasteiger partial charge < -0.3 is 4.74 Å². The Bertz CT molecular complexity index is 383. The second-order valence-electron chi connectivity index (χ2n) is 2.69. The Morgan fingerprint density at radius 1 is 1.60 bits per heavy atom. The molecule has 0 amide bonds. The standard InChI is InChI=1S/C8H9FN2O4/c1-14-8-5(4-15-10)2-6(11(12)13)3-7(8)9/h2-3H,4,10H2,1H3. The number of hydrogen-bond acceptors (Lipinski definition) is 5. The number of ether oxygens (including phenoxy) is 1. The summed E-state index contributed by atoms with van der Waals surface area (Å²) in [7, 11) is 1.25. The van der Waals surface area contributed by atoms with Crippen molar-refractivity contribution in [1.82, 2.24) is 0 Å². The average Bonchev–Trinajstić information content (AvgIpc) is 2.17. The van der Waals surface area contributed by atoms with Crippen molar-refractivity contribution in [2.24, 2.45) is 5.90 Å². The summed E-state index contributed by atoms with van der Waals surface area (Å²) < 4.78 is 18.0. The van der Waals surface area contributed by atoms with Gasteiger partial charge in [0, 0.05) is 11.6 Å². The quantitative estimate of drug-likeness (QED) is 0.602. The third-order valence-electron chi connectivity index (χ3n) is 1.76. The molecule has 1 aromatic rings. The predicted octanol–water partition coefficient (Wildman–Crippen LogP) is 1.13. The maximum atomic E-state index is 13.3. The molecule has 0 spiro atoms. The Morgan fingerprint density at radius 3 is 2.73 bits per heavy atom. The monoisotopic (exact) mass is 216 g/mol. The number of nitrogens with two attached hydrogens (primary N) is 1. The molecule has 0 aliphatic carbocycles. The van der Waals surface area contributed by atoms with E-state index in [1.165, 1.54) is 7.11 Å². The van der Waals surface area contributed by atoms with Crippen molar-refractivity contribution >= 4 is 5.69 Å². The van der Waals surface area contributed by atoms with Gasteiger partial charge in [-0.1, -0.05) is 0 Å². The van der Waals surface area contributed by atoms with E-state index in [1.54, 1.807) is 0 Å². The summed E-state index contributed by atoms with van der Waals surface area (Å²) >= 11 is 0. The van der Waals surface area contributed by atoms with Crippen LogP contribution in [0.25, 0.3) is 0 Å². The van der Waals surface area contributed by atoms with Crippen molar-refractivity contribution in [2.75, 3.05) is 7.11 Å². The molecule has 0 heterocycles. The van der Waals surface area contributed by atoms with E-state index in [2.05, 4.69) is 4.84 Å². The molecule has 1 rings (SSSR count). The summed E-state index contributed by atoms with van der Waals surface area (Å²) in [6.07, 6.45) is 0. The van der Waals surface area contributed by atoms with Gasteiger partial charge in [0.2, 0.25) is 0 Å². The van der Waals surface area contributed by atoms with Gasteiger partial charge in [0.05, 0.1) is 24.7 Å². The molecule has 7 heteroatoms. The van der Waals surface area contributed by atoms with E-state index in [-0.39, 0.29) is 23.6 Å². The third-order valence-corrected chi connectivity index (χ3v) is 1.76. The molecule has 82 valence electrons. The van der Waals surface area contributed by atoms with E-state index >= 15 is 0 Å². The van der Waals surface area contributed by atoms with Gasteiger partial charge in [0.1, 0.15) is 0 Å². The Hall–Kier alpha value is -1.73. The highest BCUT2D eigenvalue weighted by molar-refractivity contribution is 5.44. The number of methoxy groups -OCH3 is 1. The lowest BCUT2D eigenvalue weighted by Gasteiger charge is -2.07. The van der Waals surface area contributed by atoms with Crippen LogP contribution >= 0.6 is 0 Å². The second kappa shape index (κ2) is 4.67. The van der Waals surface area contributed by atoms with Crippen molar-refractivity contribution in [3.63, 3.8) is 0 Å². The number of non-ortho nitro benzene ring substituents is 1. The molecule has 15 heavy (non-hydrogen) atoms. The van der Waals surface area contributed by atoms with Crippen LogP contribution in [-0.4, -0.2) is 12.0 Å². The van der Waals surface area contributed by atoms with Crippen molar-refractivity contribution in [1.29, 1.82) is 0 Å². The molecule has 0 saturated carbocycles. The Morgan fingerprint density at radius 2 is 2.27 bits per heavy atom. The molecule has 1 aromatic carbocycles. The lowest BCUT2D eigenvalue weighted by molar-refractivity contribution is -0.385. The number of nitrogens with zero attached hydrogens (tertiary/aromatic N) is 1. The largest absolute Gasteiger partial charge is 0.493 e. The van der Waals surface area contributed by atoms with Gasteiger partial charge in [-0.25, -0.2) is 10.3 Å². The second-order valence-corrected chi connectivity index (χ2v) is 2.69. The average molecular weight is 216 g/mol. The van der Waals surface area contributed by atoms with Crippen molar-refractivity contribution in [3.05, 3.63) is 33.6 Å². The van der Waals surface area contributed by atoms with Crippen LogP contribution in [0.15, 0.2) is 12.1 Å². The zero-order valence-corrected chi connectivity index (χ0v) is 7.90. The highest BCUT2D eigenvalue weighted by atomic mass is 19.1. The minimum atomic E-state index is -0.821. The zero-order chi connectivity index (χ0) is 11.4. The van der Waals surface area contributed by atoms with E-state index < -0.39 is 10.7 Å². The summed E-state index contributed by atoms with van der Waals surface area (Å²) in [5.41, 5.74) is -0.188. The van der Waals surface area contributed by atoms with Crippen LogP contribution in [0.4, 0.5) is 10.1 Å². The predicted molar refractivity (Wildman–Crippen MR) is 48.6 cm³/mol. The SMILES string of the molecule is COc1c(F)cc([N+](=O)[O-])cc1CON. The molecule has 0 saturated heterocycles. The minimum absolute atomic E-state index is 0.106. The summed E-state index contributed by atoms with van der Waals surface area (Å²) in [6.45, 7) is -0.165. The van der Waals surface area contributed by atoms with Gasteiger partial charge in [-0.15, -0.1) is 0 Å². The summed E-state index contributed by atoms with van der Waals surface area (Å²) in [5, 5.41) is 10.4. The first-order valence-electron chi connectivity index (χ1n) is 3.92. The topological polar surface area (TPSA) is 87.6 Å². The lowest BCUT2D eigenvalue weighted by Crippen LogP contribution is -2.03. The number of rotatable bonds is 4. The van der Waals surface area contributed by atoms with Crippen LogP contribution in [0, 0.1) is 15.9 Å². The van der Waals surface area contributed by atoms with Gasteiger partial charge in [-0.2, -0.15) is 0 Å². The Balaban J connectivity index is 3.25. The molecule has 0 aromatic heterocycles. The first kappa shape index (κ1) is 11.3. The number of nitro groups is 1. The molecule has 0 atom stereocenters. The fraction of sp³-hybridized carbons (Fsp3) is 0.250. The van der Waals surface area contributed by atoms with Crippen LogP contribution in [0.2, 0.25) is 0 Å². The molecule has 6 nitrogen and oxygen atoms in total. The Kier molecular flexibility index (Phi) is 3.53. The Labute approximate surface area is 84.5 Å². The third kappa shape index (κ3) is 2.39. The molecule has 0 bridgehead atoms. The summed E-state index contributed by atoms with van der Waals surface area (Å²) in [4.78, 5) is 14.0. The van der Waals surface area contributed by atoms with Crippen molar-refractivity contribution in [2.45, 2.75) is 6.61 Å². The highest BCUT2D eigenvalue weighted by Crippen LogP contribution is 2.28. The van der Waals surface area contributed by atoms with Crippen LogP contribution in [0.5, 0.6) is 5.75 Å².